The molecule has 2 aromatic rings. The molecule has 0 radical (unpaired) electrons. The lowest BCUT2D eigenvalue weighted by Crippen LogP contribution is -2.39. The molecule has 1 aliphatic heterocycles. The molecule has 142 valence electrons. The van der Waals surface area contributed by atoms with Gasteiger partial charge in [-0.2, -0.15) is 4.31 Å². The molecule has 3 heterocycles. The van der Waals surface area contributed by atoms with E-state index in [0.717, 1.165) is 10.6 Å². The van der Waals surface area contributed by atoms with Crippen molar-refractivity contribution in [2.75, 3.05) is 19.0 Å². The maximum absolute atomic E-state index is 12.4. The van der Waals surface area contributed by atoms with Crippen molar-refractivity contribution in [3.8, 4) is 5.88 Å². The topological polar surface area (TPSA) is 106 Å². The Morgan fingerprint density at radius 3 is 2.81 bits per heavy atom. The van der Waals surface area contributed by atoms with E-state index in [-0.39, 0.29) is 11.8 Å². The Labute approximate surface area is 156 Å². The van der Waals surface area contributed by atoms with Crippen molar-refractivity contribution in [3.63, 3.8) is 0 Å². The van der Waals surface area contributed by atoms with Gasteiger partial charge in [0, 0.05) is 37.6 Å². The first kappa shape index (κ1) is 18.8. The maximum Gasteiger partial charge on any atom is 0.264 e. The molecule has 0 aromatic carbocycles. The summed E-state index contributed by atoms with van der Waals surface area (Å²) in [5.41, 5.74) is 1.14. The van der Waals surface area contributed by atoms with Crippen molar-refractivity contribution >= 4 is 32.4 Å². The summed E-state index contributed by atoms with van der Waals surface area (Å²) in [7, 11) is -0.159. The molecular weight excluding hydrogens is 378 g/mol. The minimum absolute atomic E-state index is 0.237. The minimum Gasteiger partial charge on any atom is -0.479 e. The molecule has 0 fully saturated rings. The number of carbonyl (C=O) groups excluding carboxylic acids is 1. The van der Waals surface area contributed by atoms with E-state index in [0.29, 0.717) is 30.2 Å². The summed E-state index contributed by atoms with van der Waals surface area (Å²) in [6.07, 6.45) is 2.10. The van der Waals surface area contributed by atoms with E-state index in [9.17, 15) is 13.2 Å². The van der Waals surface area contributed by atoms with Crippen molar-refractivity contribution in [3.05, 3.63) is 22.3 Å². The lowest BCUT2D eigenvalue weighted by molar-refractivity contribution is 0.102. The van der Waals surface area contributed by atoms with Crippen molar-refractivity contribution in [1.29, 1.82) is 0 Å². The summed E-state index contributed by atoms with van der Waals surface area (Å²) in [5.74, 6) is -0.131. The average molecular weight is 399 g/mol. The van der Waals surface area contributed by atoms with Gasteiger partial charge in [-0.15, -0.1) is 16.4 Å². The summed E-state index contributed by atoms with van der Waals surface area (Å²) in [4.78, 5) is 17.7. The first-order chi connectivity index (χ1) is 12.2. The molecule has 0 saturated carbocycles. The van der Waals surface area contributed by atoms with Crippen molar-refractivity contribution in [2.24, 2.45) is 7.05 Å². The number of methoxy groups -OCH3 is 1. The van der Waals surface area contributed by atoms with Gasteiger partial charge in [0.15, 0.2) is 5.13 Å². The second kappa shape index (κ2) is 6.97. The highest BCUT2D eigenvalue weighted by atomic mass is 32.2. The van der Waals surface area contributed by atoms with Crippen LogP contribution in [0.2, 0.25) is 0 Å². The number of aromatic nitrogens is 3. The van der Waals surface area contributed by atoms with Crippen molar-refractivity contribution < 1.29 is 17.9 Å². The van der Waals surface area contributed by atoms with Gasteiger partial charge in [-0.05, 0) is 13.8 Å². The Morgan fingerprint density at radius 2 is 2.15 bits per heavy atom. The predicted octanol–water partition coefficient (Wildman–Crippen LogP) is 1.23. The molecule has 9 nitrogen and oxygen atoms in total. The number of fused-ring (bicyclic) bond motifs is 1. The van der Waals surface area contributed by atoms with Gasteiger partial charge in [-0.1, -0.05) is 0 Å². The summed E-state index contributed by atoms with van der Waals surface area (Å²) in [6, 6.07) is 0. The zero-order valence-electron chi connectivity index (χ0n) is 15.0. The molecule has 0 spiro atoms. The molecule has 0 bridgehead atoms. The van der Waals surface area contributed by atoms with Crippen LogP contribution in [0.3, 0.4) is 0 Å². The summed E-state index contributed by atoms with van der Waals surface area (Å²) < 4.78 is 32.8. The molecule has 0 unspecified atom stereocenters. The monoisotopic (exact) mass is 399 g/mol. The number of thiazole rings is 1. The van der Waals surface area contributed by atoms with Gasteiger partial charge in [0.2, 0.25) is 15.9 Å². The number of hydrogen-bond donors (Lipinski definition) is 1. The Bertz CT molecular complexity index is 932. The van der Waals surface area contributed by atoms with Crippen LogP contribution in [0.1, 0.15) is 34.8 Å². The largest absolute Gasteiger partial charge is 0.479 e. The SMILES string of the molecule is COc1nn(C)cc1C(=O)Nc1nc2c(s1)CN(S(=O)(=O)C(C)C)CC2. The van der Waals surface area contributed by atoms with Crippen LogP contribution in [-0.2, 0) is 30.0 Å². The number of anilines is 1. The van der Waals surface area contributed by atoms with Gasteiger partial charge in [-0.3, -0.25) is 14.8 Å². The lowest BCUT2D eigenvalue weighted by Gasteiger charge is -2.26. The molecule has 0 aliphatic carbocycles. The molecule has 1 amide bonds. The van der Waals surface area contributed by atoms with Crippen LogP contribution in [0.5, 0.6) is 5.88 Å². The highest BCUT2D eigenvalue weighted by Gasteiger charge is 2.31. The van der Waals surface area contributed by atoms with Crippen molar-refractivity contribution in [2.45, 2.75) is 32.1 Å². The van der Waals surface area contributed by atoms with Gasteiger partial charge >= 0.3 is 0 Å². The first-order valence-electron chi connectivity index (χ1n) is 8.09. The zero-order valence-corrected chi connectivity index (χ0v) is 16.6. The third-order valence-electron chi connectivity index (χ3n) is 4.11. The van der Waals surface area contributed by atoms with Crippen molar-refractivity contribution in [1.82, 2.24) is 19.1 Å². The molecule has 26 heavy (non-hydrogen) atoms. The highest BCUT2D eigenvalue weighted by molar-refractivity contribution is 7.89. The molecule has 1 aliphatic rings. The Morgan fingerprint density at radius 1 is 1.42 bits per heavy atom. The van der Waals surface area contributed by atoms with Crippen LogP contribution in [0.15, 0.2) is 6.20 Å². The number of nitrogens with zero attached hydrogens (tertiary/aromatic N) is 4. The Kier molecular flexibility index (Phi) is 5.04. The number of rotatable bonds is 5. The van der Waals surface area contributed by atoms with E-state index in [1.807, 2.05) is 0 Å². The van der Waals surface area contributed by atoms with E-state index in [4.69, 9.17) is 4.74 Å². The van der Waals surface area contributed by atoms with Crippen LogP contribution in [0.25, 0.3) is 0 Å². The Balaban J connectivity index is 1.77. The van der Waals surface area contributed by atoms with Crippen LogP contribution in [0, 0.1) is 0 Å². The van der Waals surface area contributed by atoms with E-state index in [2.05, 4.69) is 15.4 Å². The summed E-state index contributed by atoms with van der Waals surface area (Å²) in [5, 5.41) is 6.78. The van der Waals surface area contributed by atoms with Crippen LogP contribution in [-0.4, -0.2) is 52.3 Å². The number of aryl methyl sites for hydroxylation is 1. The van der Waals surface area contributed by atoms with E-state index < -0.39 is 15.3 Å². The fourth-order valence-corrected chi connectivity index (χ4v) is 5.03. The second-order valence-corrected chi connectivity index (χ2v) is 9.82. The van der Waals surface area contributed by atoms with Gasteiger partial charge in [0.05, 0.1) is 18.1 Å². The standard InChI is InChI=1S/C15H21N5O4S2/c1-9(2)26(22,23)20-6-5-11-12(8-20)25-15(16-11)17-13(21)10-7-19(3)18-14(10)24-4/h7,9H,5-6,8H2,1-4H3,(H,16,17,21). The number of amides is 1. The minimum atomic E-state index is -3.31. The van der Waals surface area contributed by atoms with Gasteiger partial charge in [0.1, 0.15) is 5.56 Å². The normalized spacial score (nSPS) is 15.1. The van der Waals surface area contributed by atoms with Gasteiger partial charge in [-0.25, -0.2) is 13.4 Å². The van der Waals surface area contributed by atoms with Crippen LogP contribution >= 0.6 is 11.3 Å². The maximum atomic E-state index is 12.4. The molecule has 0 saturated heterocycles. The molecule has 1 N–H and O–H groups in total. The summed E-state index contributed by atoms with van der Waals surface area (Å²) >= 11 is 1.29. The fourth-order valence-electron chi connectivity index (χ4n) is 2.68. The smallest absolute Gasteiger partial charge is 0.264 e. The molecule has 2 aromatic heterocycles. The van der Waals surface area contributed by atoms with E-state index in [1.54, 1.807) is 27.1 Å². The quantitative estimate of drug-likeness (QED) is 0.811. The number of hydrogen-bond acceptors (Lipinski definition) is 7. The molecule has 0 atom stereocenters. The third kappa shape index (κ3) is 3.46. The molecular formula is C15H21N5O4S2. The fraction of sp³-hybridized carbons (Fsp3) is 0.533. The van der Waals surface area contributed by atoms with E-state index >= 15 is 0 Å². The molecule has 11 heteroatoms. The number of sulfonamides is 1. The Hall–Kier alpha value is -1.98. The number of nitrogens with one attached hydrogen (secondary N) is 1. The highest BCUT2D eigenvalue weighted by Crippen LogP contribution is 2.30. The third-order valence-corrected chi connectivity index (χ3v) is 7.33. The predicted molar refractivity (Wildman–Crippen MR) is 98.0 cm³/mol. The first-order valence-corrected chi connectivity index (χ1v) is 10.4. The molecule has 3 rings (SSSR count). The van der Waals surface area contributed by atoms with Gasteiger partial charge < -0.3 is 4.74 Å². The van der Waals surface area contributed by atoms with Crippen LogP contribution < -0.4 is 10.1 Å². The van der Waals surface area contributed by atoms with E-state index in [1.165, 1.54) is 27.4 Å². The second-order valence-electron chi connectivity index (χ2n) is 6.25. The average Bonchev–Trinajstić information content (AvgIpc) is 3.16. The van der Waals surface area contributed by atoms with Gasteiger partial charge in [0.25, 0.3) is 5.91 Å². The zero-order chi connectivity index (χ0) is 19.1. The summed E-state index contributed by atoms with van der Waals surface area (Å²) in [6.45, 7) is 4.04. The number of ether oxygens (including phenoxy) is 1. The lowest BCUT2D eigenvalue weighted by atomic mass is 10.2. The number of carbonyl (C=O) groups is 1. The van der Waals surface area contributed by atoms with Crippen LogP contribution in [0.4, 0.5) is 5.13 Å².